The zero-order valence-corrected chi connectivity index (χ0v) is 14.5. The first-order chi connectivity index (χ1) is 12.4. The van der Waals surface area contributed by atoms with E-state index in [9.17, 15) is 31.1 Å². The standard InChI is InChI=1S/C19H17F6NO/c1-12(2)26(11-13-6-4-3-5-7-13)17(27)14-8-15(18(20,21)22)10-16(9-14)19(23,24)25/h3-10,12H,11H2,1-2H3. The van der Waals surface area contributed by atoms with Gasteiger partial charge in [0.05, 0.1) is 11.1 Å². The maximum atomic E-state index is 13.0. The molecule has 27 heavy (non-hydrogen) atoms. The van der Waals surface area contributed by atoms with Gasteiger partial charge in [-0.1, -0.05) is 30.3 Å². The van der Waals surface area contributed by atoms with Gasteiger partial charge in [-0.3, -0.25) is 4.79 Å². The zero-order valence-electron chi connectivity index (χ0n) is 14.5. The van der Waals surface area contributed by atoms with Crippen molar-refractivity contribution in [3.05, 3.63) is 70.8 Å². The van der Waals surface area contributed by atoms with Gasteiger partial charge >= 0.3 is 12.4 Å². The van der Waals surface area contributed by atoms with E-state index in [-0.39, 0.29) is 12.6 Å². The van der Waals surface area contributed by atoms with Gasteiger partial charge in [-0.25, -0.2) is 0 Å². The first-order valence-corrected chi connectivity index (χ1v) is 8.04. The summed E-state index contributed by atoms with van der Waals surface area (Å²) in [6.07, 6.45) is -10.0. The Hall–Kier alpha value is -2.51. The van der Waals surface area contributed by atoms with Crippen LogP contribution in [0.25, 0.3) is 0 Å². The molecule has 0 saturated heterocycles. The molecule has 0 fully saturated rings. The molecular formula is C19H17F6NO. The Morgan fingerprint density at radius 2 is 1.37 bits per heavy atom. The highest BCUT2D eigenvalue weighted by atomic mass is 19.4. The van der Waals surface area contributed by atoms with Gasteiger partial charge in [0, 0.05) is 18.2 Å². The number of rotatable bonds is 4. The van der Waals surface area contributed by atoms with Crippen LogP contribution in [-0.2, 0) is 18.9 Å². The monoisotopic (exact) mass is 389 g/mol. The Labute approximate surface area is 152 Å². The Morgan fingerprint density at radius 3 is 1.78 bits per heavy atom. The van der Waals surface area contributed by atoms with E-state index in [1.165, 1.54) is 4.90 Å². The zero-order chi connectivity index (χ0) is 20.4. The molecule has 1 amide bonds. The Bertz CT molecular complexity index is 764. The maximum absolute atomic E-state index is 13.0. The van der Waals surface area contributed by atoms with Gasteiger partial charge in [-0.15, -0.1) is 0 Å². The summed E-state index contributed by atoms with van der Waals surface area (Å²) in [5.41, 5.74) is -2.96. The van der Waals surface area contributed by atoms with E-state index in [0.29, 0.717) is 17.7 Å². The molecule has 0 unspecified atom stereocenters. The van der Waals surface area contributed by atoms with E-state index in [2.05, 4.69) is 0 Å². The lowest BCUT2D eigenvalue weighted by molar-refractivity contribution is -0.143. The van der Waals surface area contributed by atoms with Crippen molar-refractivity contribution in [3.8, 4) is 0 Å². The highest BCUT2D eigenvalue weighted by molar-refractivity contribution is 5.95. The van der Waals surface area contributed by atoms with Crippen molar-refractivity contribution in [2.24, 2.45) is 0 Å². The third kappa shape index (κ3) is 5.24. The lowest BCUT2D eigenvalue weighted by atomic mass is 10.0. The van der Waals surface area contributed by atoms with E-state index >= 15 is 0 Å². The summed E-state index contributed by atoms with van der Waals surface area (Å²) < 4.78 is 78.1. The predicted octanol–water partition coefficient (Wildman–Crippen LogP) is 5.78. The number of nitrogens with zero attached hydrogens (tertiary/aromatic N) is 1. The molecule has 8 heteroatoms. The largest absolute Gasteiger partial charge is 0.416 e. The molecule has 0 heterocycles. The molecule has 2 aromatic rings. The highest BCUT2D eigenvalue weighted by Gasteiger charge is 2.38. The minimum absolute atomic E-state index is 0.00763. The van der Waals surface area contributed by atoms with E-state index in [4.69, 9.17) is 0 Å². The van der Waals surface area contributed by atoms with E-state index in [1.54, 1.807) is 44.2 Å². The van der Waals surface area contributed by atoms with Crippen LogP contribution in [0.2, 0.25) is 0 Å². The normalized spacial score (nSPS) is 12.3. The smallest absolute Gasteiger partial charge is 0.332 e. The van der Waals surface area contributed by atoms with E-state index in [1.807, 2.05) is 0 Å². The van der Waals surface area contributed by atoms with Crippen LogP contribution in [0.4, 0.5) is 26.3 Å². The van der Waals surface area contributed by atoms with Crippen LogP contribution < -0.4 is 0 Å². The summed E-state index contributed by atoms with van der Waals surface area (Å²) in [5, 5.41) is 0. The van der Waals surface area contributed by atoms with Crippen LogP contribution in [0.15, 0.2) is 48.5 Å². The summed E-state index contributed by atoms with van der Waals surface area (Å²) in [6.45, 7) is 3.34. The van der Waals surface area contributed by atoms with Gasteiger partial charge in [0.2, 0.25) is 0 Å². The second-order valence-electron chi connectivity index (χ2n) is 6.31. The second kappa shape index (κ2) is 7.62. The van der Waals surface area contributed by atoms with Gasteiger partial charge in [-0.2, -0.15) is 26.3 Å². The number of alkyl halides is 6. The average molecular weight is 389 g/mol. The van der Waals surface area contributed by atoms with Crippen molar-refractivity contribution in [2.75, 3.05) is 0 Å². The lowest BCUT2D eigenvalue weighted by Crippen LogP contribution is -2.36. The molecule has 0 bridgehead atoms. The van der Waals surface area contributed by atoms with Crippen LogP contribution in [0.3, 0.4) is 0 Å². The van der Waals surface area contributed by atoms with Crippen LogP contribution in [0, 0.1) is 0 Å². The Kier molecular flexibility index (Phi) is 5.87. The quantitative estimate of drug-likeness (QED) is 0.608. The van der Waals surface area contributed by atoms with Gasteiger partial charge in [0.25, 0.3) is 5.91 Å². The summed E-state index contributed by atoms with van der Waals surface area (Å²) in [4.78, 5) is 14.0. The number of hydrogen-bond donors (Lipinski definition) is 0. The number of halogens is 6. The van der Waals surface area contributed by atoms with Gasteiger partial charge in [0.1, 0.15) is 0 Å². The fourth-order valence-corrected chi connectivity index (χ4v) is 2.51. The molecule has 0 aliphatic rings. The number of benzene rings is 2. The summed E-state index contributed by atoms with van der Waals surface area (Å²) in [7, 11) is 0. The molecule has 0 radical (unpaired) electrons. The summed E-state index contributed by atoms with van der Waals surface area (Å²) in [6, 6.07) is 9.14. The van der Waals surface area contributed by atoms with E-state index < -0.39 is 41.0 Å². The second-order valence-corrected chi connectivity index (χ2v) is 6.31. The minimum Gasteiger partial charge on any atom is -0.332 e. The molecule has 2 rings (SSSR count). The Balaban J connectivity index is 2.48. The first kappa shape index (κ1) is 20.8. The van der Waals surface area contributed by atoms with Gasteiger partial charge in [-0.05, 0) is 37.6 Å². The minimum atomic E-state index is -5.00. The molecule has 2 nitrogen and oxygen atoms in total. The van der Waals surface area contributed by atoms with Crippen molar-refractivity contribution in [3.63, 3.8) is 0 Å². The van der Waals surface area contributed by atoms with Crippen molar-refractivity contribution in [1.29, 1.82) is 0 Å². The third-order valence-corrected chi connectivity index (χ3v) is 3.91. The van der Waals surface area contributed by atoms with Crippen LogP contribution in [-0.4, -0.2) is 16.8 Å². The van der Waals surface area contributed by atoms with Crippen LogP contribution >= 0.6 is 0 Å². The van der Waals surface area contributed by atoms with Crippen molar-refractivity contribution >= 4 is 5.91 Å². The summed E-state index contributed by atoms with van der Waals surface area (Å²) in [5.74, 6) is -0.898. The van der Waals surface area contributed by atoms with Crippen molar-refractivity contribution in [2.45, 2.75) is 38.8 Å². The molecule has 0 N–H and O–H groups in total. The fraction of sp³-hybridized carbons (Fsp3) is 0.316. The topological polar surface area (TPSA) is 20.3 Å². The molecule has 0 aliphatic carbocycles. The number of carbonyl (C=O) groups is 1. The highest BCUT2D eigenvalue weighted by Crippen LogP contribution is 2.36. The first-order valence-electron chi connectivity index (χ1n) is 8.04. The molecule has 0 atom stereocenters. The molecule has 0 aromatic heterocycles. The maximum Gasteiger partial charge on any atom is 0.416 e. The number of carbonyl (C=O) groups excluding carboxylic acids is 1. The SMILES string of the molecule is CC(C)N(Cc1ccccc1)C(=O)c1cc(C(F)(F)F)cc(C(F)(F)F)c1. The molecule has 146 valence electrons. The predicted molar refractivity (Wildman–Crippen MR) is 87.9 cm³/mol. The fourth-order valence-electron chi connectivity index (χ4n) is 2.51. The molecule has 2 aromatic carbocycles. The lowest BCUT2D eigenvalue weighted by Gasteiger charge is -2.27. The van der Waals surface area contributed by atoms with Crippen LogP contribution in [0.1, 0.15) is 40.9 Å². The third-order valence-electron chi connectivity index (χ3n) is 3.91. The van der Waals surface area contributed by atoms with Crippen molar-refractivity contribution < 1.29 is 31.1 Å². The molecule has 0 aliphatic heterocycles. The van der Waals surface area contributed by atoms with Gasteiger partial charge in [0.15, 0.2) is 0 Å². The molecular weight excluding hydrogens is 372 g/mol. The van der Waals surface area contributed by atoms with Crippen LogP contribution in [0.5, 0.6) is 0 Å². The Morgan fingerprint density at radius 1 is 0.889 bits per heavy atom. The average Bonchev–Trinajstić information content (AvgIpc) is 2.58. The molecule has 0 spiro atoms. The van der Waals surface area contributed by atoms with E-state index in [0.717, 1.165) is 0 Å². The van der Waals surface area contributed by atoms with Gasteiger partial charge < -0.3 is 4.90 Å². The summed E-state index contributed by atoms with van der Waals surface area (Å²) >= 11 is 0. The number of hydrogen-bond acceptors (Lipinski definition) is 1. The molecule has 0 saturated carbocycles. The number of amides is 1. The van der Waals surface area contributed by atoms with Crippen molar-refractivity contribution in [1.82, 2.24) is 4.90 Å².